The second-order valence-electron chi connectivity index (χ2n) is 4.21. The van der Waals surface area contributed by atoms with Gasteiger partial charge in [0.2, 0.25) is 0 Å². The highest BCUT2D eigenvalue weighted by molar-refractivity contribution is 6.34. The summed E-state index contributed by atoms with van der Waals surface area (Å²) in [6.45, 7) is 1.86. The van der Waals surface area contributed by atoms with Gasteiger partial charge in [0.1, 0.15) is 17.4 Å². The molecule has 0 heterocycles. The number of amides is 1. The van der Waals surface area contributed by atoms with Gasteiger partial charge in [0.05, 0.1) is 16.3 Å². The third-order valence-corrected chi connectivity index (χ3v) is 3.06. The lowest BCUT2D eigenvalue weighted by molar-refractivity contribution is 0.102. The van der Waals surface area contributed by atoms with E-state index >= 15 is 0 Å². The average molecular weight is 289 g/mol. The van der Waals surface area contributed by atoms with Crippen molar-refractivity contribution in [3.8, 4) is 6.07 Å². The van der Waals surface area contributed by atoms with Crippen molar-refractivity contribution < 1.29 is 9.18 Å². The number of aryl methyl sites for hydroxylation is 1. The number of carbonyl (C=O) groups excluding carboxylic acids is 1. The van der Waals surface area contributed by atoms with Crippen molar-refractivity contribution in [3.63, 3.8) is 0 Å². The van der Waals surface area contributed by atoms with Crippen molar-refractivity contribution in [2.75, 3.05) is 5.32 Å². The van der Waals surface area contributed by atoms with Crippen LogP contribution in [0.15, 0.2) is 36.4 Å². The summed E-state index contributed by atoms with van der Waals surface area (Å²) in [7, 11) is 0. The average Bonchev–Trinajstić information content (AvgIpc) is 2.38. The summed E-state index contributed by atoms with van der Waals surface area (Å²) in [5.74, 6) is -1.17. The van der Waals surface area contributed by atoms with Crippen LogP contribution in [0.3, 0.4) is 0 Å². The number of rotatable bonds is 2. The number of carbonyl (C=O) groups is 1. The third kappa shape index (κ3) is 2.79. The van der Waals surface area contributed by atoms with E-state index in [9.17, 15) is 9.18 Å². The first kappa shape index (κ1) is 14.0. The van der Waals surface area contributed by atoms with Crippen LogP contribution in [0.5, 0.6) is 0 Å². The fourth-order valence-electron chi connectivity index (χ4n) is 1.74. The van der Waals surface area contributed by atoms with Crippen molar-refractivity contribution in [2.45, 2.75) is 6.92 Å². The first-order chi connectivity index (χ1) is 9.52. The Balaban J connectivity index is 2.33. The van der Waals surface area contributed by atoms with Crippen molar-refractivity contribution >= 4 is 23.2 Å². The molecular formula is C15H10ClFN2O. The summed E-state index contributed by atoms with van der Waals surface area (Å²) in [6, 6.07) is 10.7. The molecule has 0 fully saturated rings. The van der Waals surface area contributed by atoms with E-state index in [1.54, 1.807) is 24.3 Å². The number of hydrogen-bond acceptors (Lipinski definition) is 2. The molecule has 2 rings (SSSR count). The highest BCUT2D eigenvalue weighted by Gasteiger charge is 2.14. The van der Waals surface area contributed by atoms with E-state index < -0.39 is 11.7 Å². The predicted molar refractivity (Wildman–Crippen MR) is 75.3 cm³/mol. The van der Waals surface area contributed by atoms with Gasteiger partial charge in [-0.1, -0.05) is 23.7 Å². The van der Waals surface area contributed by atoms with Gasteiger partial charge in [-0.2, -0.15) is 5.26 Å². The van der Waals surface area contributed by atoms with Gasteiger partial charge in [-0.05, 0) is 36.8 Å². The molecule has 100 valence electrons. The highest BCUT2D eigenvalue weighted by Crippen LogP contribution is 2.22. The van der Waals surface area contributed by atoms with E-state index in [1.165, 1.54) is 12.1 Å². The quantitative estimate of drug-likeness (QED) is 0.911. The minimum atomic E-state index is -0.680. The molecule has 0 saturated carbocycles. The van der Waals surface area contributed by atoms with E-state index in [0.717, 1.165) is 11.6 Å². The maximum Gasteiger partial charge on any atom is 0.257 e. The van der Waals surface area contributed by atoms with Gasteiger partial charge < -0.3 is 5.32 Å². The maximum absolute atomic E-state index is 13.4. The summed E-state index contributed by atoms with van der Waals surface area (Å²) in [5.41, 5.74) is 1.11. The van der Waals surface area contributed by atoms with Crippen LogP contribution in [-0.2, 0) is 0 Å². The van der Waals surface area contributed by atoms with Crippen molar-refractivity contribution in [3.05, 3.63) is 63.9 Å². The van der Waals surface area contributed by atoms with Gasteiger partial charge in [0.15, 0.2) is 0 Å². The number of nitrogens with zero attached hydrogens (tertiary/aromatic N) is 1. The van der Waals surface area contributed by atoms with Gasteiger partial charge >= 0.3 is 0 Å². The fourth-order valence-corrected chi connectivity index (χ4v) is 2.06. The first-order valence-corrected chi connectivity index (χ1v) is 6.17. The molecule has 0 aliphatic carbocycles. The van der Waals surface area contributed by atoms with Crippen molar-refractivity contribution in [1.82, 2.24) is 0 Å². The monoisotopic (exact) mass is 288 g/mol. The molecule has 1 N–H and O–H groups in total. The highest BCUT2D eigenvalue weighted by atomic mass is 35.5. The number of nitrogens with one attached hydrogen (secondary N) is 1. The number of hydrogen-bond donors (Lipinski definition) is 1. The molecule has 0 atom stereocenters. The zero-order chi connectivity index (χ0) is 14.7. The van der Waals surface area contributed by atoms with E-state index in [4.69, 9.17) is 16.9 Å². The Morgan fingerprint density at radius 2 is 2.10 bits per heavy atom. The molecule has 2 aromatic carbocycles. The number of anilines is 1. The van der Waals surface area contributed by atoms with Crippen molar-refractivity contribution in [1.29, 1.82) is 5.26 Å². The molecule has 0 aliphatic heterocycles. The van der Waals surface area contributed by atoms with Gasteiger partial charge in [-0.3, -0.25) is 4.79 Å². The third-order valence-electron chi connectivity index (χ3n) is 2.74. The molecule has 0 aliphatic rings. The summed E-state index contributed by atoms with van der Waals surface area (Å²) in [5, 5.41) is 11.7. The predicted octanol–water partition coefficient (Wildman–Crippen LogP) is 3.91. The van der Waals surface area contributed by atoms with Crippen LogP contribution in [-0.4, -0.2) is 5.91 Å². The lowest BCUT2D eigenvalue weighted by atomic mass is 10.1. The zero-order valence-corrected chi connectivity index (χ0v) is 11.3. The SMILES string of the molecule is Cc1ccc(C(=O)Nc2cccc(F)c2C#N)c(Cl)c1. The Hall–Kier alpha value is -2.38. The second kappa shape index (κ2) is 5.72. The van der Waals surface area contributed by atoms with Crippen LogP contribution in [0.25, 0.3) is 0 Å². The number of halogens is 2. The standard InChI is InChI=1S/C15H10ClFN2O/c1-9-5-6-10(12(16)7-9)15(20)19-14-4-2-3-13(17)11(14)8-18/h2-7H,1H3,(H,19,20). The smallest absolute Gasteiger partial charge is 0.257 e. The first-order valence-electron chi connectivity index (χ1n) is 5.79. The summed E-state index contributed by atoms with van der Waals surface area (Å²) < 4.78 is 13.4. The van der Waals surface area contributed by atoms with Crippen LogP contribution in [0, 0.1) is 24.1 Å². The lowest BCUT2D eigenvalue weighted by Crippen LogP contribution is -2.14. The van der Waals surface area contributed by atoms with Crippen molar-refractivity contribution in [2.24, 2.45) is 0 Å². The summed E-state index contributed by atoms with van der Waals surface area (Å²) in [6.07, 6.45) is 0. The molecule has 0 radical (unpaired) electrons. The molecule has 5 heteroatoms. The van der Waals surface area contributed by atoms with E-state index in [0.29, 0.717) is 5.02 Å². The molecule has 0 unspecified atom stereocenters. The fraction of sp³-hybridized carbons (Fsp3) is 0.0667. The molecule has 0 saturated heterocycles. The minimum Gasteiger partial charge on any atom is -0.321 e. The molecule has 3 nitrogen and oxygen atoms in total. The topological polar surface area (TPSA) is 52.9 Å². The van der Waals surface area contributed by atoms with E-state index in [-0.39, 0.29) is 16.8 Å². The van der Waals surface area contributed by atoms with Gasteiger partial charge in [0, 0.05) is 0 Å². The normalized spacial score (nSPS) is 9.90. The second-order valence-corrected chi connectivity index (χ2v) is 4.62. The molecule has 2 aromatic rings. The Morgan fingerprint density at radius 1 is 1.35 bits per heavy atom. The minimum absolute atomic E-state index is 0.120. The Morgan fingerprint density at radius 3 is 2.75 bits per heavy atom. The molecule has 0 bridgehead atoms. The summed E-state index contributed by atoms with van der Waals surface area (Å²) >= 11 is 6.00. The van der Waals surface area contributed by atoms with Crippen LogP contribution in [0.4, 0.5) is 10.1 Å². The molecular weight excluding hydrogens is 279 g/mol. The Bertz CT molecular complexity index is 722. The largest absolute Gasteiger partial charge is 0.321 e. The molecule has 0 spiro atoms. The van der Waals surface area contributed by atoms with Crippen LogP contribution in [0.1, 0.15) is 21.5 Å². The summed E-state index contributed by atoms with van der Waals surface area (Å²) in [4.78, 5) is 12.1. The molecule has 20 heavy (non-hydrogen) atoms. The molecule has 0 aromatic heterocycles. The van der Waals surface area contributed by atoms with Gasteiger partial charge in [0.25, 0.3) is 5.91 Å². The van der Waals surface area contributed by atoms with E-state index in [1.807, 2.05) is 6.92 Å². The Kier molecular flexibility index (Phi) is 4.02. The maximum atomic E-state index is 13.4. The molecule has 1 amide bonds. The van der Waals surface area contributed by atoms with Gasteiger partial charge in [-0.15, -0.1) is 0 Å². The number of benzene rings is 2. The van der Waals surface area contributed by atoms with Crippen LogP contribution < -0.4 is 5.32 Å². The zero-order valence-electron chi connectivity index (χ0n) is 10.6. The Labute approximate surface area is 120 Å². The van der Waals surface area contributed by atoms with Crippen LogP contribution in [0.2, 0.25) is 5.02 Å². The van der Waals surface area contributed by atoms with E-state index in [2.05, 4.69) is 5.32 Å². The lowest BCUT2D eigenvalue weighted by Gasteiger charge is -2.09. The number of nitriles is 1. The van der Waals surface area contributed by atoms with Crippen LogP contribution >= 0.6 is 11.6 Å². The van der Waals surface area contributed by atoms with Gasteiger partial charge in [-0.25, -0.2) is 4.39 Å².